The summed E-state index contributed by atoms with van der Waals surface area (Å²) in [5.41, 5.74) is 3.79. The molecule has 0 saturated carbocycles. The summed E-state index contributed by atoms with van der Waals surface area (Å²) in [6.45, 7) is 8.27. The predicted octanol–water partition coefficient (Wildman–Crippen LogP) is 3.57. The maximum Gasteiger partial charge on any atom is 0.326 e. The van der Waals surface area contributed by atoms with E-state index in [1.807, 2.05) is 22.8 Å². The molecular weight excluding hydrogens is 493 g/mol. The van der Waals surface area contributed by atoms with Crippen LogP contribution < -0.4 is 10.2 Å². The maximum absolute atomic E-state index is 13.8. The number of piperazine rings is 1. The molecule has 38 heavy (non-hydrogen) atoms. The van der Waals surface area contributed by atoms with Gasteiger partial charge in [0, 0.05) is 62.3 Å². The highest BCUT2D eigenvalue weighted by Crippen LogP contribution is 2.41. The van der Waals surface area contributed by atoms with Gasteiger partial charge in [0.2, 0.25) is 5.91 Å². The van der Waals surface area contributed by atoms with Crippen molar-refractivity contribution in [1.82, 2.24) is 15.1 Å². The molecule has 0 radical (unpaired) electrons. The van der Waals surface area contributed by atoms with Gasteiger partial charge in [0.15, 0.2) is 0 Å². The van der Waals surface area contributed by atoms with Crippen LogP contribution in [0.2, 0.25) is 0 Å². The number of amides is 2. The number of benzene rings is 2. The predicted molar refractivity (Wildman–Crippen MR) is 140 cm³/mol. The van der Waals surface area contributed by atoms with Crippen molar-refractivity contribution in [2.24, 2.45) is 0 Å². The molecular formula is C29H35F3N4O2. The van der Waals surface area contributed by atoms with Crippen molar-refractivity contribution in [2.45, 2.75) is 57.0 Å². The van der Waals surface area contributed by atoms with Crippen molar-refractivity contribution in [1.29, 1.82) is 0 Å². The van der Waals surface area contributed by atoms with E-state index >= 15 is 0 Å². The van der Waals surface area contributed by atoms with Crippen molar-refractivity contribution in [3.63, 3.8) is 0 Å². The SMILES string of the molecule is C[C@@H]1CN(CC(=O)N2CC(C)(C)c3ccc(Cc4ccc(F)cc4)cc32)[C@@H](CN2CCC(F)(F)C2=O)CN1. The lowest BCUT2D eigenvalue weighted by atomic mass is 9.86. The zero-order chi connectivity index (χ0) is 27.2. The van der Waals surface area contributed by atoms with Crippen LogP contribution >= 0.6 is 0 Å². The summed E-state index contributed by atoms with van der Waals surface area (Å²) in [6, 6.07) is 12.5. The van der Waals surface area contributed by atoms with Gasteiger partial charge in [-0.05, 0) is 48.2 Å². The molecule has 3 heterocycles. The van der Waals surface area contributed by atoms with Gasteiger partial charge in [0.1, 0.15) is 5.82 Å². The van der Waals surface area contributed by atoms with Crippen LogP contribution in [0.4, 0.5) is 18.9 Å². The third-order valence-electron chi connectivity index (χ3n) is 8.05. The fourth-order valence-electron chi connectivity index (χ4n) is 5.92. The van der Waals surface area contributed by atoms with Crippen molar-refractivity contribution in [3.8, 4) is 0 Å². The topological polar surface area (TPSA) is 55.9 Å². The average molecular weight is 529 g/mol. The number of rotatable bonds is 6. The second kappa shape index (κ2) is 10.0. The van der Waals surface area contributed by atoms with Gasteiger partial charge >= 0.3 is 5.92 Å². The van der Waals surface area contributed by atoms with Gasteiger partial charge in [0.05, 0.1) is 6.54 Å². The van der Waals surface area contributed by atoms with E-state index in [1.165, 1.54) is 17.0 Å². The molecule has 6 nitrogen and oxygen atoms in total. The molecule has 2 saturated heterocycles. The van der Waals surface area contributed by atoms with E-state index in [4.69, 9.17) is 0 Å². The van der Waals surface area contributed by atoms with Gasteiger partial charge in [-0.3, -0.25) is 14.5 Å². The van der Waals surface area contributed by atoms with Crippen LogP contribution in [0.3, 0.4) is 0 Å². The van der Waals surface area contributed by atoms with E-state index in [0.717, 1.165) is 22.4 Å². The number of halogens is 3. The minimum atomic E-state index is -3.30. The van der Waals surface area contributed by atoms with Gasteiger partial charge in [0.25, 0.3) is 5.91 Å². The molecule has 2 aromatic carbocycles. The monoisotopic (exact) mass is 528 g/mol. The molecule has 0 spiro atoms. The number of likely N-dealkylation sites (tertiary alicyclic amines) is 1. The highest BCUT2D eigenvalue weighted by molar-refractivity contribution is 5.97. The van der Waals surface area contributed by atoms with Crippen LogP contribution in [0, 0.1) is 5.82 Å². The largest absolute Gasteiger partial charge is 0.336 e. The molecule has 204 valence electrons. The summed E-state index contributed by atoms with van der Waals surface area (Å²) in [7, 11) is 0. The lowest BCUT2D eigenvalue weighted by Crippen LogP contribution is -2.61. The van der Waals surface area contributed by atoms with Gasteiger partial charge in [-0.2, -0.15) is 8.78 Å². The number of nitrogens with one attached hydrogen (secondary N) is 1. The van der Waals surface area contributed by atoms with Crippen molar-refractivity contribution >= 4 is 17.5 Å². The summed E-state index contributed by atoms with van der Waals surface area (Å²) in [6.07, 6.45) is 0.170. The normalized spacial score (nSPS) is 24.6. The summed E-state index contributed by atoms with van der Waals surface area (Å²) in [5, 5.41) is 3.36. The molecule has 1 N–H and O–H groups in total. The maximum atomic E-state index is 13.8. The quantitative estimate of drug-likeness (QED) is 0.623. The molecule has 2 fully saturated rings. The van der Waals surface area contributed by atoms with Crippen molar-refractivity contribution < 1.29 is 22.8 Å². The van der Waals surface area contributed by atoms with E-state index < -0.39 is 18.3 Å². The molecule has 2 atom stereocenters. The first-order chi connectivity index (χ1) is 17.9. The fraction of sp³-hybridized carbons (Fsp3) is 0.517. The zero-order valence-electron chi connectivity index (χ0n) is 22.1. The minimum Gasteiger partial charge on any atom is -0.336 e. The Morgan fingerprint density at radius 1 is 1.11 bits per heavy atom. The molecule has 2 amide bonds. The first-order valence-electron chi connectivity index (χ1n) is 13.3. The Bertz CT molecular complexity index is 1220. The summed E-state index contributed by atoms with van der Waals surface area (Å²) in [4.78, 5) is 31.0. The molecule has 0 aromatic heterocycles. The van der Waals surface area contributed by atoms with Crippen LogP contribution in [-0.2, 0) is 21.4 Å². The third-order valence-corrected chi connectivity index (χ3v) is 8.05. The molecule has 2 aromatic rings. The van der Waals surface area contributed by atoms with Crippen LogP contribution in [0.15, 0.2) is 42.5 Å². The smallest absolute Gasteiger partial charge is 0.326 e. The number of hydrogen-bond acceptors (Lipinski definition) is 4. The molecule has 0 aliphatic carbocycles. The Kier molecular flexibility index (Phi) is 7.02. The Labute approximate surface area is 221 Å². The molecule has 0 bridgehead atoms. The number of anilines is 1. The summed E-state index contributed by atoms with van der Waals surface area (Å²) < 4.78 is 41.0. The average Bonchev–Trinajstić information content (AvgIpc) is 3.28. The number of hydrogen-bond donors (Lipinski definition) is 1. The van der Waals surface area contributed by atoms with Gasteiger partial charge in [-0.25, -0.2) is 4.39 Å². The van der Waals surface area contributed by atoms with Gasteiger partial charge in [-0.1, -0.05) is 38.1 Å². The molecule has 3 aliphatic heterocycles. The standard InChI is InChI=1S/C29H35F3N4O2/c1-19-15-35(23(14-33-19)16-34-11-10-29(31,32)27(34)38)17-26(37)36-18-28(2,3)24-9-6-21(13-25(24)36)12-20-4-7-22(30)8-5-20/h4-9,13,19,23,33H,10-12,14-18H2,1-3H3/t19-,23-/m1/s1. The van der Waals surface area contributed by atoms with Crippen LogP contribution in [0.25, 0.3) is 0 Å². The molecule has 0 unspecified atom stereocenters. The minimum absolute atomic E-state index is 0.0319. The number of nitrogens with zero attached hydrogens (tertiary/aromatic N) is 3. The van der Waals surface area contributed by atoms with Crippen LogP contribution in [0.5, 0.6) is 0 Å². The Morgan fingerprint density at radius 3 is 2.50 bits per heavy atom. The molecule has 3 aliphatic rings. The number of carbonyl (C=O) groups excluding carboxylic acids is 2. The first-order valence-corrected chi connectivity index (χ1v) is 13.3. The molecule has 9 heteroatoms. The Morgan fingerprint density at radius 2 is 1.82 bits per heavy atom. The van der Waals surface area contributed by atoms with Gasteiger partial charge in [-0.15, -0.1) is 0 Å². The van der Waals surface area contributed by atoms with Crippen LogP contribution in [0.1, 0.15) is 43.9 Å². The Hall–Kier alpha value is -2.91. The first kappa shape index (κ1) is 26.7. The van der Waals surface area contributed by atoms with Gasteiger partial charge < -0.3 is 15.1 Å². The second-order valence-electron chi connectivity index (χ2n) is 11.6. The van der Waals surface area contributed by atoms with E-state index in [9.17, 15) is 22.8 Å². The third kappa shape index (κ3) is 5.31. The number of alkyl halides is 2. The van der Waals surface area contributed by atoms with E-state index in [2.05, 4.69) is 31.3 Å². The van der Waals surface area contributed by atoms with E-state index in [-0.39, 0.29) is 48.9 Å². The summed E-state index contributed by atoms with van der Waals surface area (Å²) in [5.74, 6) is -4.74. The lowest BCUT2D eigenvalue weighted by molar-refractivity contribution is -0.148. The Balaban J connectivity index is 1.33. The fourth-order valence-corrected chi connectivity index (χ4v) is 5.92. The zero-order valence-corrected chi connectivity index (χ0v) is 22.1. The van der Waals surface area contributed by atoms with Crippen molar-refractivity contribution in [3.05, 3.63) is 65.0 Å². The summed E-state index contributed by atoms with van der Waals surface area (Å²) >= 11 is 0. The highest BCUT2D eigenvalue weighted by Gasteiger charge is 2.49. The lowest BCUT2D eigenvalue weighted by Gasteiger charge is -2.41. The number of carbonyl (C=O) groups is 2. The van der Waals surface area contributed by atoms with E-state index in [1.54, 1.807) is 12.1 Å². The van der Waals surface area contributed by atoms with Crippen LogP contribution in [-0.4, -0.2) is 78.9 Å². The second-order valence-corrected chi connectivity index (χ2v) is 11.6. The van der Waals surface area contributed by atoms with E-state index in [0.29, 0.717) is 26.1 Å². The van der Waals surface area contributed by atoms with Crippen molar-refractivity contribution in [2.75, 3.05) is 44.2 Å². The molecule has 5 rings (SSSR count). The number of fused-ring (bicyclic) bond motifs is 1. The highest BCUT2D eigenvalue weighted by atomic mass is 19.3.